The highest BCUT2D eigenvalue weighted by Gasteiger charge is 2.41. The normalized spacial score (nSPS) is 29.9. The van der Waals surface area contributed by atoms with Crippen molar-refractivity contribution in [3.8, 4) is 0 Å². The van der Waals surface area contributed by atoms with E-state index in [-0.39, 0.29) is 18.3 Å². The molecule has 3 unspecified atom stereocenters. The molecule has 0 saturated heterocycles. The first-order valence-electron chi connectivity index (χ1n) is 4.92. The third kappa shape index (κ3) is 2.68. The molecule has 0 aromatic rings. The third-order valence-electron chi connectivity index (χ3n) is 2.89. The molecule has 15 heavy (non-hydrogen) atoms. The Balaban J connectivity index is 2.63. The summed E-state index contributed by atoms with van der Waals surface area (Å²) in [6.45, 7) is 0. The summed E-state index contributed by atoms with van der Waals surface area (Å²) < 4.78 is 9.14. The van der Waals surface area contributed by atoms with Gasteiger partial charge in [-0.1, -0.05) is 0 Å². The average Bonchev–Trinajstić information content (AvgIpc) is 2.58. The van der Waals surface area contributed by atoms with E-state index in [4.69, 9.17) is 0 Å². The van der Waals surface area contributed by atoms with E-state index in [0.717, 1.165) is 0 Å². The van der Waals surface area contributed by atoms with E-state index >= 15 is 0 Å². The minimum absolute atomic E-state index is 0.160. The molecule has 5 nitrogen and oxygen atoms in total. The number of esters is 2. The molecule has 3 atom stereocenters. The van der Waals surface area contributed by atoms with Gasteiger partial charge in [0.05, 0.1) is 26.2 Å². The Hall–Kier alpha value is -1.10. The summed E-state index contributed by atoms with van der Waals surface area (Å²) in [6, 6.07) is 0. The molecule has 5 heteroatoms. The summed E-state index contributed by atoms with van der Waals surface area (Å²) >= 11 is 0. The average molecular weight is 216 g/mol. The van der Waals surface area contributed by atoms with Crippen LogP contribution in [0.4, 0.5) is 0 Å². The van der Waals surface area contributed by atoms with Crippen LogP contribution in [0.3, 0.4) is 0 Å². The lowest BCUT2D eigenvalue weighted by Crippen LogP contribution is -2.30. The minimum Gasteiger partial charge on any atom is -0.469 e. The van der Waals surface area contributed by atoms with Crippen LogP contribution in [0.15, 0.2) is 0 Å². The van der Waals surface area contributed by atoms with Crippen LogP contribution in [0, 0.1) is 11.8 Å². The van der Waals surface area contributed by atoms with Gasteiger partial charge in [0.15, 0.2) is 0 Å². The maximum atomic E-state index is 11.4. The zero-order valence-corrected chi connectivity index (χ0v) is 8.93. The van der Waals surface area contributed by atoms with Crippen LogP contribution in [0.5, 0.6) is 0 Å². The summed E-state index contributed by atoms with van der Waals surface area (Å²) in [7, 11) is 2.59. The largest absolute Gasteiger partial charge is 0.469 e. The second-order valence-corrected chi connectivity index (χ2v) is 3.73. The number of carbonyl (C=O) groups is 2. The second-order valence-electron chi connectivity index (χ2n) is 3.73. The maximum Gasteiger partial charge on any atom is 0.311 e. The fourth-order valence-corrected chi connectivity index (χ4v) is 2.07. The Bertz CT molecular complexity index is 250. The van der Waals surface area contributed by atoms with Crippen molar-refractivity contribution in [2.75, 3.05) is 14.2 Å². The van der Waals surface area contributed by atoms with Gasteiger partial charge < -0.3 is 14.6 Å². The first-order valence-corrected chi connectivity index (χ1v) is 4.92. The van der Waals surface area contributed by atoms with Crippen molar-refractivity contribution in [1.29, 1.82) is 0 Å². The van der Waals surface area contributed by atoms with Gasteiger partial charge in [-0.2, -0.15) is 0 Å². The van der Waals surface area contributed by atoms with E-state index in [1.807, 2.05) is 0 Å². The van der Waals surface area contributed by atoms with E-state index in [0.29, 0.717) is 12.8 Å². The molecule has 1 saturated carbocycles. The van der Waals surface area contributed by atoms with Crippen LogP contribution in [0.25, 0.3) is 0 Å². The molecule has 1 aliphatic carbocycles. The number of hydrogen-bond donors (Lipinski definition) is 1. The van der Waals surface area contributed by atoms with Gasteiger partial charge in [-0.05, 0) is 18.8 Å². The molecule has 1 N–H and O–H groups in total. The van der Waals surface area contributed by atoms with Gasteiger partial charge in [-0.25, -0.2) is 0 Å². The Kier molecular flexibility index (Phi) is 4.08. The fraction of sp³-hybridized carbons (Fsp3) is 0.800. The summed E-state index contributed by atoms with van der Waals surface area (Å²) in [6.07, 6.45) is 0.636. The predicted molar refractivity (Wildman–Crippen MR) is 50.9 cm³/mol. The Morgan fingerprint density at radius 1 is 1.27 bits per heavy atom. The van der Waals surface area contributed by atoms with Gasteiger partial charge in [-0.3, -0.25) is 9.59 Å². The Morgan fingerprint density at radius 2 is 1.93 bits per heavy atom. The zero-order chi connectivity index (χ0) is 11.4. The lowest BCUT2D eigenvalue weighted by molar-refractivity contribution is -0.151. The van der Waals surface area contributed by atoms with Gasteiger partial charge in [0.1, 0.15) is 0 Å². The van der Waals surface area contributed by atoms with E-state index in [9.17, 15) is 14.7 Å². The highest BCUT2D eigenvalue weighted by atomic mass is 16.5. The van der Waals surface area contributed by atoms with E-state index in [1.54, 1.807) is 0 Å². The SMILES string of the molecule is COC(=O)CC1CCC(O)C1C(=O)OC. The van der Waals surface area contributed by atoms with E-state index in [1.165, 1.54) is 14.2 Å². The number of ether oxygens (including phenoxy) is 2. The molecular formula is C10H16O5. The molecule has 1 aliphatic rings. The molecule has 0 spiro atoms. The molecular weight excluding hydrogens is 200 g/mol. The lowest BCUT2D eigenvalue weighted by Gasteiger charge is -2.18. The zero-order valence-electron chi connectivity index (χ0n) is 8.93. The molecule has 1 fully saturated rings. The fourth-order valence-electron chi connectivity index (χ4n) is 2.07. The first kappa shape index (κ1) is 12.0. The van der Waals surface area contributed by atoms with Crippen molar-refractivity contribution >= 4 is 11.9 Å². The van der Waals surface area contributed by atoms with Crippen molar-refractivity contribution in [2.45, 2.75) is 25.4 Å². The molecule has 0 radical (unpaired) electrons. The highest BCUT2D eigenvalue weighted by molar-refractivity contribution is 5.76. The van der Waals surface area contributed by atoms with Crippen LogP contribution >= 0.6 is 0 Å². The van der Waals surface area contributed by atoms with Gasteiger partial charge in [0, 0.05) is 6.42 Å². The van der Waals surface area contributed by atoms with Crippen LogP contribution in [-0.4, -0.2) is 37.4 Å². The lowest BCUT2D eigenvalue weighted by atomic mass is 9.92. The topological polar surface area (TPSA) is 72.8 Å². The van der Waals surface area contributed by atoms with Crippen molar-refractivity contribution in [2.24, 2.45) is 11.8 Å². The van der Waals surface area contributed by atoms with Crippen molar-refractivity contribution in [3.63, 3.8) is 0 Å². The van der Waals surface area contributed by atoms with E-state index in [2.05, 4.69) is 9.47 Å². The van der Waals surface area contributed by atoms with Crippen molar-refractivity contribution in [1.82, 2.24) is 0 Å². The number of aliphatic hydroxyl groups is 1. The maximum absolute atomic E-state index is 11.4. The number of hydrogen-bond acceptors (Lipinski definition) is 5. The quantitative estimate of drug-likeness (QED) is 0.678. The van der Waals surface area contributed by atoms with Gasteiger partial charge in [0.2, 0.25) is 0 Å². The monoisotopic (exact) mass is 216 g/mol. The highest BCUT2D eigenvalue weighted by Crippen LogP contribution is 2.35. The molecule has 0 aliphatic heterocycles. The Labute approximate surface area is 88.4 Å². The molecule has 0 aromatic heterocycles. The third-order valence-corrected chi connectivity index (χ3v) is 2.89. The number of methoxy groups -OCH3 is 2. The smallest absolute Gasteiger partial charge is 0.311 e. The second kappa shape index (κ2) is 5.11. The van der Waals surface area contributed by atoms with Gasteiger partial charge in [-0.15, -0.1) is 0 Å². The van der Waals surface area contributed by atoms with Crippen LogP contribution in [-0.2, 0) is 19.1 Å². The number of carbonyl (C=O) groups excluding carboxylic acids is 2. The molecule has 0 aromatic carbocycles. The molecule has 0 amide bonds. The number of aliphatic hydroxyl groups excluding tert-OH is 1. The summed E-state index contributed by atoms with van der Waals surface area (Å²) in [5, 5.41) is 9.59. The molecule has 1 rings (SSSR count). The molecule has 0 heterocycles. The van der Waals surface area contributed by atoms with Crippen LogP contribution in [0.2, 0.25) is 0 Å². The summed E-state index contributed by atoms with van der Waals surface area (Å²) in [5.74, 6) is -1.56. The van der Waals surface area contributed by atoms with Gasteiger partial charge >= 0.3 is 11.9 Å². The van der Waals surface area contributed by atoms with Gasteiger partial charge in [0.25, 0.3) is 0 Å². The summed E-state index contributed by atoms with van der Waals surface area (Å²) in [5.41, 5.74) is 0. The number of rotatable bonds is 3. The molecule has 0 bridgehead atoms. The van der Waals surface area contributed by atoms with Crippen LogP contribution < -0.4 is 0 Å². The Morgan fingerprint density at radius 3 is 2.47 bits per heavy atom. The molecule has 86 valence electrons. The first-order chi connectivity index (χ1) is 7.10. The van der Waals surface area contributed by atoms with Crippen molar-refractivity contribution < 1.29 is 24.2 Å². The minimum atomic E-state index is -0.702. The van der Waals surface area contributed by atoms with Crippen molar-refractivity contribution in [3.05, 3.63) is 0 Å². The summed E-state index contributed by atoms with van der Waals surface area (Å²) in [4.78, 5) is 22.4. The standard InChI is InChI=1S/C10H16O5/c1-14-8(12)5-6-3-4-7(11)9(6)10(13)15-2/h6-7,9,11H,3-5H2,1-2H3. The predicted octanol–water partition coefficient (Wildman–Crippen LogP) is 0.110. The van der Waals surface area contributed by atoms with E-state index < -0.39 is 18.0 Å². The van der Waals surface area contributed by atoms with Crippen LogP contribution in [0.1, 0.15) is 19.3 Å².